The van der Waals surface area contributed by atoms with Gasteiger partial charge in [0, 0.05) is 17.1 Å². The maximum Gasteiger partial charge on any atom is 0.408 e. The maximum atomic E-state index is 14.0. The highest BCUT2D eigenvalue weighted by Crippen LogP contribution is 2.29. The molecule has 0 unspecified atom stereocenters. The molecular weight excluding hydrogens is 555 g/mol. The van der Waals surface area contributed by atoms with Gasteiger partial charge in [0.15, 0.2) is 0 Å². The fourth-order valence-electron chi connectivity index (χ4n) is 3.02. The number of carbonyl (C=O) groups is 3. The molecule has 0 aromatic heterocycles. The molecule has 1 atom stereocenters. The first kappa shape index (κ1) is 31.6. The summed E-state index contributed by atoms with van der Waals surface area (Å²) in [5.41, 5.74) is -0.383. The van der Waals surface area contributed by atoms with Crippen molar-refractivity contribution < 1.29 is 50.5 Å². The Labute approximate surface area is 225 Å². The van der Waals surface area contributed by atoms with Crippen molar-refractivity contribution in [1.29, 1.82) is 0 Å². The minimum absolute atomic E-state index is 0.0725. The molecule has 214 valence electrons. The van der Waals surface area contributed by atoms with E-state index in [9.17, 15) is 36.3 Å². The second kappa shape index (κ2) is 14.0. The van der Waals surface area contributed by atoms with Crippen molar-refractivity contribution in [1.82, 2.24) is 10.6 Å². The lowest BCUT2D eigenvalue weighted by atomic mass is 10.1. The number of unbranched alkanes of at least 4 members (excludes halogenated alkanes) is 1. The highest BCUT2D eigenvalue weighted by molar-refractivity contribution is 6.31. The van der Waals surface area contributed by atoms with Crippen LogP contribution in [-0.2, 0) is 20.9 Å². The van der Waals surface area contributed by atoms with E-state index in [1.807, 2.05) is 0 Å². The number of hydrogen-bond donors (Lipinski definition) is 2. The monoisotopic (exact) mass is 580 g/mol. The summed E-state index contributed by atoms with van der Waals surface area (Å²) in [6.45, 7) is 4.60. The molecule has 0 aliphatic carbocycles. The smallest absolute Gasteiger partial charge is 0.408 e. The van der Waals surface area contributed by atoms with E-state index in [-0.39, 0.29) is 32.4 Å². The summed E-state index contributed by atoms with van der Waals surface area (Å²) < 4.78 is 82.7. The maximum absolute atomic E-state index is 14.0. The fraction of sp³-hybridized carbons (Fsp3) is 0.400. The molecule has 2 aromatic rings. The van der Waals surface area contributed by atoms with Gasteiger partial charge in [-0.15, -0.1) is 0 Å². The number of rotatable bonds is 10. The van der Waals surface area contributed by atoms with Gasteiger partial charge < -0.3 is 24.8 Å². The number of nitrogens with one attached hydrogen (secondary N) is 2. The second-order valence-corrected chi connectivity index (χ2v) is 9.52. The summed E-state index contributed by atoms with van der Waals surface area (Å²) in [6, 6.07) is 5.16. The van der Waals surface area contributed by atoms with Gasteiger partial charge in [-0.25, -0.2) is 27.6 Å². The predicted octanol–water partition coefficient (Wildman–Crippen LogP) is 5.93. The zero-order valence-corrected chi connectivity index (χ0v) is 21.9. The van der Waals surface area contributed by atoms with Gasteiger partial charge in [-0.1, -0.05) is 29.8 Å². The first-order valence-corrected chi connectivity index (χ1v) is 12.0. The van der Waals surface area contributed by atoms with Crippen LogP contribution in [0.1, 0.15) is 45.6 Å². The Morgan fingerprint density at radius 3 is 2.08 bits per heavy atom. The third-order valence-electron chi connectivity index (χ3n) is 4.85. The van der Waals surface area contributed by atoms with Crippen molar-refractivity contribution in [2.24, 2.45) is 0 Å². The molecule has 0 aliphatic rings. The molecule has 0 radical (unpaired) electrons. The van der Waals surface area contributed by atoms with Crippen LogP contribution in [0.5, 0.6) is 5.75 Å². The summed E-state index contributed by atoms with van der Waals surface area (Å²) in [5.74, 6) is -15.1. The third-order valence-corrected chi connectivity index (χ3v) is 5.22. The first-order valence-electron chi connectivity index (χ1n) is 11.6. The van der Waals surface area contributed by atoms with Crippen LogP contribution in [0.2, 0.25) is 5.02 Å². The molecule has 2 N–H and O–H groups in total. The van der Waals surface area contributed by atoms with E-state index in [1.54, 1.807) is 24.3 Å². The van der Waals surface area contributed by atoms with Crippen LogP contribution in [0.15, 0.2) is 24.3 Å². The Balaban J connectivity index is 1.97. The summed E-state index contributed by atoms with van der Waals surface area (Å²) in [4.78, 5) is 36.6. The number of ether oxygens (including phenoxy) is 3. The summed E-state index contributed by atoms with van der Waals surface area (Å²) >= 11 is 5.99. The molecule has 0 bridgehead atoms. The zero-order valence-electron chi connectivity index (χ0n) is 21.1. The van der Waals surface area contributed by atoms with E-state index < -0.39 is 64.6 Å². The Kier molecular flexibility index (Phi) is 11.3. The Bertz CT molecular complexity index is 1180. The largest absolute Gasteiger partial charge is 0.445 e. The molecule has 14 heteroatoms. The van der Waals surface area contributed by atoms with Crippen LogP contribution < -0.4 is 15.4 Å². The Hall–Kier alpha value is -3.61. The summed E-state index contributed by atoms with van der Waals surface area (Å²) in [6.07, 6.45) is -1.67. The van der Waals surface area contributed by atoms with Crippen molar-refractivity contribution in [2.75, 3.05) is 6.54 Å². The van der Waals surface area contributed by atoms with Crippen molar-refractivity contribution in [3.63, 3.8) is 0 Å². The number of hydrogen-bond acceptors (Lipinski definition) is 6. The normalized spacial score (nSPS) is 11.9. The van der Waals surface area contributed by atoms with Crippen molar-refractivity contribution >= 4 is 29.8 Å². The number of esters is 1. The SMILES string of the molecule is CC(C)(C)OC(=O)N[C@@H](CCCCNC(=O)OCc1ccccc1Cl)C(=O)Oc1c(F)c(F)c(F)c(F)c1F. The van der Waals surface area contributed by atoms with Gasteiger partial charge >= 0.3 is 18.2 Å². The Morgan fingerprint density at radius 1 is 0.897 bits per heavy atom. The van der Waals surface area contributed by atoms with Crippen LogP contribution in [0.25, 0.3) is 0 Å². The third kappa shape index (κ3) is 9.57. The van der Waals surface area contributed by atoms with E-state index in [0.29, 0.717) is 10.6 Å². The van der Waals surface area contributed by atoms with Gasteiger partial charge in [-0.05, 0) is 46.1 Å². The van der Waals surface area contributed by atoms with Crippen LogP contribution in [0, 0.1) is 29.1 Å². The van der Waals surface area contributed by atoms with Crippen molar-refractivity contribution in [3.05, 3.63) is 63.9 Å². The molecular formula is C25H26ClF5N2O6. The van der Waals surface area contributed by atoms with E-state index >= 15 is 0 Å². The molecule has 2 rings (SSSR count). The van der Waals surface area contributed by atoms with E-state index in [0.717, 1.165) is 0 Å². The van der Waals surface area contributed by atoms with Gasteiger partial charge in [-0.2, -0.15) is 8.78 Å². The Morgan fingerprint density at radius 2 is 1.49 bits per heavy atom. The highest BCUT2D eigenvalue weighted by atomic mass is 35.5. The van der Waals surface area contributed by atoms with Gasteiger partial charge in [0.1, 0.15) is 18.2 Å². The number of halogens is 6. The summed E-state index contributed by atoms with van der Waals surface area (Å²) in [7, 11) is 0. The molecule has 2 aromatic carbocycles. The molecule has 0 spiro atoms. The first-order chi connectivity index (χ1) is 18.2. The van der Waals surface area contributed by atoms with Crippen LogP contribution >= 0.6 is 11.6 Å². The molecule has 0 aliphatic heterocycles. The van der Waals surface area contributed by atoms with Gasteiger partial charge in [0.2, 0.25) is 34.8 Å². The number of alkyl carbamates (subject to hydrolysis) is 2. The van der Waals surface area contributed by atoms with Crippen molar-refractivity contribution in [2.45, 2.75) is 58.3 Å². The topological polar surface area (TPSA) is 103 Å². The molecule has 0 fully saturated rings. The van der Waals surface area contributed by atoms with Crippen LogP contribution in [-0.4, -0.2) is 36.3 Å². The van der Waals surface area contributed by atoms with Crippen molar-refractivity contribution in [3.8, 4) is 5.75 Å². The number of carbonyl (C=O) groups excluding carboxylic acids is 3. The van der Waals surface area contributed by atoms with Gasteiger partial charge in [0.25, 0.3) is 0 Å². The predicted molar refractivity (Wildman–Crippen MR) is 129 cm³/mol. The molecule has 2 amide bonds. The average molecular weight is 581 g/mol. The molecule has 0 heterocycles. The minimum Gasteiger partial charge on any atom is -0.445 e. The van der Waals surface area contributed by atoms with E-state index in [2.05, 4.69) is 15.4 Å². The second-order valence-electron chi connectivity index (χ2n) is 9.11. The lowest BCUT2D eigenvalue weighted by molar-refractivity contribution is -0.137. The molecule has 8 nitrogen and oxygen atoms in total. The van der Waals surface area contributed by atoms with E-state index in [4.69, 9.17) is 21.1 Å². The average Bonchev–Trinajstić information content (AvgIpc) is 2.86. The zero-order chi connectivity index (χ0) is 29.3. The van der Waals surface area contributed by atoms with Gasteiger partial charge in [-0.3, -0.25) is 0 Å². The minimum atomic E-state index is -2.42. The number of benzene rings is 2. The van der Waals surface area contributed by atoms with E-state index in [1.165, 1.54) is 20.8 Å². The lowest BCUT2D eigenvalue weighted by Crippen LogP contribution is -2.45. The van der Waals surface area contributed by atoms with Crippen LogP contribution in [0.3, 0.4) is 0 Å². The molecule has 0 saturated carbocycles. The lowest BCUT2D eigenvalue weighted by Gasteiger charge is -2.23. The van der Waals surface area contributed by atoms with Gasteiger partial charge in [0.05, 0.1) is 0 Å². The van der Waals surface area contributed by atoms with Crippen LogP contribution in [0.4, 0.5) is 31.5 Å². The summed E-state index contributed by atoms with van der Waals surface area (Å²) in [5, 5.41) is 5.04. The quantitative estimate of drug-likeness (QED) is 0.0902. The fourth-order valence-corrected chi connectivity index (χ4v) is 3.21. The number of amides is 2. The molecule has 0 saturated heterocycles. The standard InChI is InChI=1S/C25H26ClF5N2O6/c1-25(2,3)39-24(36)33-15(22(34)38-21-19(30)17(28)16(27)18(29)20(21)31)10-6-7-11-32-23(35)37-12-13-8-4-5-9-14(13)26/h4-5,8-9,15H,6-7,10-12H2,1-3H3,(H,32,35)(H,33,36)/t15-/m0/s1. The molecule has 39 heavy (non-hydrogen) atoms. The highest BCUT2D eigenvalue weighted by Gasteiger charge is 2.32.